The Bertz CT molecular complexity index is 416. The maximum atomic E-state index is 9.78. The predicted molar refractivity (Wildman–Crippen MR) is 88.1 cm³/mol. The van der Waals surface area contributed by atoms with E-state index < -0.39 is 5.54 Å². The van der Waals surface area contributed by atoms with Gasteiger partial charge in [-0.3, -0.25) is 0 Å². The van der Waals surface area contributed by atoms with E-state index in [1.54, 1.807) is 0 Å². The van der Waals surface area contributed by atoms with E-state index in [9.17, 15) is 5.11 Å². The van der Waals surface area contributed by atoms with E-state index in [1.165, 1.54) is 19.3 Å². The minimum absolute atomic E-state index is 0.000297. The van der Waals surface area contributed by atoms with Crippen LogP contribution in [0.15, 0.2) is 30.3 Å². The Morgan fingerprint density at radius 2 is 1.90 bits per heavy atom. The summed E-state index contributed by atoms with van der Waals surface area (Å²) in [4.78, 5) is 2.57. The Hall–Kier alpha value is -0.900. The van der Waals surface area contributed by atoms with Gasteiger partial charge in [-0.1, -0.05) is 44.2 Å². The van der Waals surface area contributed by atoms with Gasteiger partial charge in [-0.25, -0.2) is 0 Å². The number of rotatable bonds is 9. The molecule has 0 radical (unpaired) electrons. The normalized spacial score (nSPS) is 18.2. The molecule has 1 atom stereocenters. The fraction of sp³-hybridized carbons (Fsp3) is 0.667. The Labute approximate surface area is 129 Å². The summed E-state index contributed by atoms with van der Waals surface area (Å²) in [7, 11) is 0. The number of aliphatic hydroxyl groups excluding tert-OH is 1. The average molecular weight is 290 g/mol. The molecule has 0 amide bonds. The van der Waals surface area contributed by atoms with Crippen LogP contribution >= 0.6 is 0 Å². The minimum atomic E-state index is -0.619. The van der Waals surface area contributed by atoms with E-state index in [0.29, 0.717) is 0 Å². The molecule has 0 aromatic heterocycles. The first kappa shape index (κ1) is 16.5. The molecule has 1 saturated carbocycles. The second-order valence-electron chi connectivity index (χ2n) is 6.88. The van der Waals surface area contributed by atoms with Crippen LogP contribution in [0.3, 0.4) is 0 Å². The van der Waals surface area contributed by atoms with Crippen LogP contribution in [0.4, 0.5) is 0 Å². The van der Waals surface area contributed by atoms with Crippen molar-refractivity contribution < 1.29 is 5.11 Å². The van der Waals surface area contributed by atoms with Crippen molar-refractivity contribution in [3.05, 3.63) is 35.9 Å². The monoisotopic (exact) mass is 290 g/mol. The van der Waals surface area contributed by atoms with Crippen LogP contribution < -0.4 is 5.73 Å². The summed E-state index contributed by atoms with van der Waals surface area (Å²) in [6.07, 6.45) is 4.68. The Morgan fingerprint density at radius 3 is 2.43 bits per heavy atom. The third-order valence-corrected chi connectivity index (χ3v) is 4.53. The molecule has 3 nitrogen and oxygen atoms in total. The van der Waals surface area contributed by atoms with Gasteiger partial charge < -0.3 is 15.7 Å². The molecule has 1 aliphatic carbocycles. The molecule has 1 fully saturated rings. The summed E-state index contributed by atoms with van der Waals surface area (Å²) in [5.74, 6) is 0.737. The molecular formula is C18H30N2O. The van der Waals surface area contributed by atoms with Crippen molar-refractivity contribution in [2.75, 3.05) is 19.7 Å². The van der Waals surface area contributed by atoms with Gasteiger partial charge in [0.25, 0.3) is 0 Å². The van der Waals surface area contributed by atoms with Crippen LogP contribution in [0.2, 0.25) is 0 Å². The minimum Gasteiger partial charge on any atom is -0.394 e. The number of hydrogen-bond donors (Lipinski definition) is 2. The van der Waals surface area contributed by atoms with Gasteiger partial charge in [0, 0.05) is 12.6 Å². The molecule has 0 bridgehead atoms. The first-order valence-electron chi connectivity index (χ1n) is 8.24. The number of hydrogen-bond acceptors (Lipinski definition) is 3. The average Bonchev–Trinajstić information content (AvgIpc) is 3.32. The molecule has 0 aliphatic heterocycles. The Morgan fingerprint density at radius 1 is 1.24 bits per heavy atom. The van der Waals surface area contributed by atoms with E-state index in [2.05, 4.69) is 18.7 Å². The number of nitrogens with zero attached hydrogens (tertiary/aromatic N) is 1. The second kappa shape index (κ2) is 7.39. The molecule has 0 saturated heterocycles. The fourth-order valence-electron chi connectivity index (χ4n) is 2.77. The molecule has 3 heteroatoms. The van der Waals surface area contributed by atoms with Gasteiger partial charge in [-0.15, -0.1) is 0 Å². The van der Waals surface area contributed by atoms with E-state index in [4.69, 9.17) is 5.73 Å². The quantitative estimate of drug-likeness (QED) is 0.735. The molecule has 2 rings (SSSR count). The fourth-order valence-corrected chi connectivity index (χ4v) is 2.77. The van der Waals surface area contributed by atoms with E-state index in [0.717, 1.165) is 37.0 Å². The summed E-state index contributed by atoms with van der Waals surface area (Å²) in [6.45, 7) is 6.67. The highest BCUT2D eigenvalue weighted by Gasteiger charge is 2.32. The molecule has 21 heavy (non-hydrogen) atoms. The van der Waals surface area contributed by atoms with Gasteiger partial charge in [-0.05, 0) is 43.7 Å². The van der Waals surface area contributed by atoms with Gasteiger partial charge in [0.15, 0.2) is 0 Å². The first-order chi connectivity index (χ1) is 10.0. The zero-order valence-electron chi connectivity index (χ0n) is 13.5. The molecular weight excluding hydrogens is 260 g/mol. The maximum absolute atomic E-state index is 9.78. The van der Waals surface area contributed by atoms with Crippen molar-refractivity contribution in [3.63, 3.8) is 0 Å². The van der Waals surface area contributed by atoms with E-state index in [-0.39, 0.29) is 6.61 Å². The largest absolute Gasteiger partial charge is 0.394 e. The second-order valence-corrected chi connectivity index (χ2v) is 6.88. The van der Waals surface area contributed by atoms with Crippen molar-refractivity contribution in [1.29, 1.82) is 0 Å². The highest BCUT2D eigenvalue weighted by Crippen LogP contribution is 2.29. The lowest BCUT2D eigenvalue weighted by Crippen LogP contribution is -2.44. The summed E-state index contributed by atoms with van der Waals surface area (Å²) >= 11 is 0. The molecule has 118 valence electrons. The summed E-state index contributed by atoms with van der Waals surface area (Å²) in [5.41, 5.74) is 6.88. The van der Waals surface area contributed by atoms with Gasteiger partial charge in [-0.2, -0.15) is 0 Å². The highest BCUT2D eigenvalue weighted by atomic mass is 16.3. The molecule has 0 spiro atoms. The van der Waals surface area contributed by atoms with Crippen LogP contribution in [0.5, 0.6) is 0 Å². The Kier molecular flexibility index (Phi) is 5.80. The zero-order valence-corrected chi connectivity index (χ0v) is 13.5. The van der Waals surface area contributed by atoms with Crippen LogP contribution in [0.25, 0.3) is 0 Å². The predicted octanol–water partition coefficient (Wildman–Crippen LogP) is 2.73. The number of aliphatic hydroxyl groups is 1. The van der Waals surface area contributed by atoms with E-state index in [1.807, 2.05) is 30.3 Å². The standard InChI is InChI=1S/C18H30N2O/c1-15(2)10-12-20(17-8-9-17)13-11-18(19,14-21)16-6-4-3-5-7-16/h3-7,15,17,21H,8-14,19H2,1-2H3. The lowest BCUT2D eigenvalue weighted by atomic mass is 9.88. The summed E-state index contributed by atoms with van der Waals surface area (Å²) in [5, 5.41) is 9.78. The third-order valence-electron chi connectivity index (χ3n) is 4.53. The lowest BCUT2D eigenvalue weighted by Gasteiger charge is -2.32. The van der Waals surface area contributed by atoms with Crippen LogP contribution in [-0.2, 0) is 5.54 Å². The van der Waals surface area contributed by atoms with Crippen LogP contribution in [0, 0.1) is 5.92 Å². The van der Waals surface area contributed by atoms with Crippen molar-refractivity contribution in [1.82, 2.24) is 4.90 Å². The molecule has 3 N–H and O–H groups in total. The number of nitrogens with two attached hydrogens (primary N) is 1. The van der Waals surface area contributed by atoms with Gasteiger partial charge in [0.2, 0.25) is 0 Å². The highest BCUT2D eigenvalue weighted by molar-refractivity contribution is 5.24. The molecule has 1 aromatic rings. The summed E-state index contributed by atoms with van der Waals surface area (Å²) < 4.78 is 0. The third kappa shape index (κ3) is 4.80. The van der Waals surface area contributed by atoms with Crippen molar-refractivity contribution in [3.8, 4) is 0 Å². The van der Waals surface area contributed by atoms with Crippen molar-refractivity contribution in [2.45, 2.75) is 51.1 Å². The molecule has 1 aromatic carbocycles. The SMILES string of the molecule is CC(C)CCN(CCC(N)(CO)c1ccccc1)C1CC1. The van der Waals surface area contributed by atoms with Gasteiger partial charge in [0.1, 0.15) is 0 Å². The van der Waals surface area contributed by atoms with Crippen LogP contribution in [0.1, 0.15) is 45.1 Å². The van der Waals surface area contributed by atoms with Crippen molar-refractivity contribution in [2.24, 2.45) is 11.7 Å². The summed E-state index contributed by atoms with van der Waals surface area (Å²) in [6, 6.07) is 10.8. The van der Waals surface area contributed by atoms with E-state index >= 15 is 0 Å². The zero-order chi connectivity index (χ0) is 15.3. The molecule has 1 aliphatic rings. The first-order valence-corrected chi connectivity index (χ1v) is 8.24. The molecule has 0 heterocycles. The lowest BCUT2D eigenvalue weighted by molar-refractivity contribution is 0.157. The van der Waals surface area contributed by atoms with Crippen molar-refractivity contribution >= 4 is 0 Å². The van der Waals surface area contributed by atoms with Gasteiger partial charge >= 0.3 is 0 Å². The maximum Gasteiger partial charge on any atom is 0.0656 e. The van der Waals surface area contributed by atoms with Crippen LogP contribution in [-0.4, -0.2) is 35.7 Å². The molecule has 1 unspecified atom stereocenters. The topological polar surface area (TPSA) is 49.5 Å². The van der Waals surface area contributed by atoms with Gasteiger partial charge in [0.05, 0.1) is 12.1 Å². The smallest absolute Gasteiger partial charge is 0.0656 e. The Balaban J connectivity index is 1.94. The number of benzene rings is 1.